The van der Waals surface area contributed by atoms with E-state index in [1.165, 1.54) is 29.9 Å². The van der Waals surface area contributed by atoms with Crippen molar-refractivity contribution in [2.75, 3.05) is 11.9 Å². The van der Waals surface area contributed by atoms with Crippen molar-refractivity contribution < 1.29 is 22.4 Å². The molecular weight excluding hydrogens is 415 g/mol. The topological polar surface area (TPSA) is 102 Å². The molecule has 0 bridgehead atoms. The predicted octanol–water partition coefficient (Wildman–Crippen LogP) is 2.98. The predicted molar refractivity (Wildman–Crippen MR) is 105 cm³/mol. The third-order valence-corrected chi connectivity index (χ3v) is 5.28. The second-order valence-electron chi connectivity index (χ2n) is 7.47. The number of amides is 1. The number of halogens is 3. The van der Waals surface area contributed by atoms with Crippen LogP contribution in [0.25, 0.3) is 11.5 Å². The lowest BCUT2D eigenvalue weighted by atomic mass is 9.89. The number of aryl methyl sites for hydroxylation is 1. The van der Waals surface area contributed by atoms with Crippen molar-refractivity contribution in [3.8, 4) is 11.5 Å². The summed E-state index contributed by atoms with van der Waals surface area (Å²) in [6, 6.07) is 5.96. The van der Waals surface area contributed by atoms with Gasteiger partial charge in [0.1, 0.15) is 11.0 Å². The average Bonchev–Trinajstić information content (AvgIpc) is 3.33. The molecule has 2 aromatic heterocycles. The number of carbonyl (C=O) groups excluding carboxylic acids is 1. The lowest BCUT2D eigenvalue weighted by Crippen LogP contribution is -2.32. The molecule has 1 fully saturated rings. The number of rotatable bonds is 4. The Morgan fingerprint density at radius 2 is 1.87 bits per heavy atom. The molecule has 1 amide bonds. The molecule has 4 rings (SSSR count). The number of pyridine rings is 1. The summed E-state index contributed by atoms with van der Waals surface area (Å²) in [6.07, 6.45) is -2.48. The van der Waals surface area contributed by atoms with Crippen molar-refractivity contribution >= 4 is 17.3 Å². The van der Waals surface area contributed by atoms with Crippen LogP contribution in [-0.2, 0) is 23.4 Å². The molecule has 2 N–H and O–H groups in total. The summed E-state index contributed by atoms with van der Waals surface area (Å²) < 4.78 is 45.4. The number of nitrogens with zero attached hydrogens (tertiary/aromatic N) is 3. The van der Waals surface area contributed by atoms with E-state index in [-0.39, 0.29) is 28.9 Å². The van der Waals surface area contributed by atoms with E-state index >= 15 is 0 Å². The lowest BCUT2D eigenvalue weighted by molar-refractivity contribution is -0.137. The Hall–Kier alpha value is -3.63. The number of hydrogen-bond donors (Lipinski definition) is 2. The Kier molecular flexibility index (Phi) is 4.83. The van der Waals surface area contributed by atoms with Gasteiger partial charge in [0.2, 0.25) is 11.8 Å². The minimum Gasteiger partial charge on any atom is -0.419 e. The zero-order valence-electron chi connectivity index (χ0n) is 16.6. The first kappa shape index (κ1) is 20.6. The maximum Gasteiger partial charge on any atom is 0.416 e. The summed E-state index contributed by atoms with van der Waals surface area (Å²) in [5.74, 6) is -0.248. The van der Waals surface area contributed by atoms with Crippen molar-refractivity contribution in [2.45, 2.75) is 24.9 Å². The highest BCUT2D eigenvalue weighted by atomic mass is 19.4. The maximum atomic E-state index is 12.8. The fourth-order valence-electron chi connectivity index (χ4n) is 3.32. The van der Waals surface area contributed by atoms with Gasteiger partial charge in [0.05, 0.1) is 11.3 Å². The van der Waals surface area contributed by atoms with Crippen LogP contribution in [0.4, 0.5) is 24.5 Å². The van der Waals surface area contributed by atoms with Crippen LogP contribution in [0.1, 0.15) is 24.8 Å². The van der Waals surface area contributed by atoms with Crippen molar-refractivity contribution in [3.63, 3.8) is 0 Å². The average molecular weight is 433 g/mol. The van der Waals surface area contributed by atoms with E-state index in [2.05, 4.69) is 20.8 Å². The molecule has 0 radical (unpaired) electrons. The van der Waals surface area contributed by atoms with Gasteiger partial charge >= 0.3 is 6.18 Å². The monoisotopic (exact) mass is 433 g/mol. The third-order valence-electron chi connectivity index (χ3n) is 5.28. The number of aromatic nitrogens is 3. The third kappa shape index (κ3) is 3.66. The number of carbonyl (C=O) groups is 1. The van der Waals surface area contributed by atoms with Gasteiger partial charge in [-0.25, -0.2) is 0 Å². The molecule has 0 spiro atoms. The highest BCUT2D eigenvalue weighted by Crippen LogP contribution is 2.34. The quantitative estimate of drug-likeness (QED) is 0.656. The van der Waals surface area contributed by atoms with Crippen molar-refractivity contribution in [2.24, 2.45) is 7.05 Å². The molecule has 1 aliphatic heterocycles. The summed E-state index contributed by atoms with van der Waals surface area (Å²) in [5.41, 5.74) is -1.57. The second kappa shape index (κ2) is 7.25. The molecule has 0 unspecified atom stereocenters. The molecule has 1 aromatic carbocycles. The number of anilines is 2. The van der Waals surface area contributed by atoms with Gasteiger partial charge in [0, 0.05) is 25.5 Å². The van der Waals surface area contributed by atoms with Crippen LogP contribution in [0.15, 0.2) is 45.7 Å². The maximum absolute atomic E-state index is 12.8. The van der Waals surface area contributed by atoms with E-state index in [0.717, 1.165) is 12.1 Å². The first-order chi connectivity index (χ1) is 14.6. The van der Waals surface area contributed by atoms with Crippen LogP contribution < -0.4 is 16.2 Å². The molecule has 3 aromatic rings. The minimum absolute atomic E-state index is 0.0469. The fourth-order valence-corrected chi connectivity index (χ4v) is 3.32. The van der Waals surface area contributed by atoms with Gasteiger partial charge in [0.15, 0.2) is 0 Å². The Labute approximate surface area is 174 Å². The van der Waals surface area contributed by atoms with Gasteiger partial charge in [-0.3, -0.25) is 9.59 Å². The van der Waals surface area contributed by atoms with Gasteiger partial charge in [-0.05, 0) is 43.7 Å². The molecule has 162 valence electrons. The van der Waals surface area contributed by atoms with Crippen LogP contribution in [-0.4, -0.2) is 27.2 Å². The number of nitrogens with one attached hydrogen (secondary N) is 2. The molecule has 3 heterocycles. The lowest BCUT2D eigenvalue weighted by Gasteiger charge is -2.14. The van der Waals surface area contributed by atoms with E-state index in [4.69, 9.17) is 4.42 Å². The van der Waals surface area contributed by atoms with Crippen LogP contribution in [0, 0.1) is 0 Å². The molecule has 1 atom stereocenters. The van der Waals surface area contributed by atoms with Crippen LogP contribution >= 0.6 is 0 Å². The fraction of sp³-hybridized carbons (Fsp3) is 0.300. The summed E-state index contributed by atoms with van der Waals surface area (Å²) in [6.45, 7) is 2.15. The molecule has 31 heavy (non-hydrogen) atoms. The standard InChI is InChI=1S/C20H18F3N5O3/c1-19(8-9-24-17(19)30)18-27-26-15(31-18)14-13(7-10-28(2)16(14)29)25-12-5-3-11(4-6-12)20(21,22)23/h3-7,10,25H,8-9H2,1-2H3,(H,24,30)/t19-/m1/s1. The van der Waals surface area contributed by atoms with Crippen molar-refractivity contribution in [3.05, 3.63) is 58.3 Å². The van der Waals surface area contributed by atoms with Crippen molar-refractivity contribution in [1.29, 1.82) is 0 Å². The SMILES string of the molecule is Cn1ccc(Nc2ccc(C(F)(F)F)cc2)c(-c2nnc([C@]3(C)CCNC3=O)o2)c1=O. The van der Waals surface area contributed by atoms with Gasteiger partial charge in [0.25, 0.3) is 11.4 Å². The Bertz CT molecular complexity index is 1200. The molecule has 8 nitrogen and oxygen atoms in total. The van der Waals surface area contributed by atoms with E-state index in [9.17, 15) is 22.8 Å². The number of alkyl halides is 3. The van der Waals surface area contributed by atoms with Crippen LogP contribution in [0.2, 0.25) is 0 Å². The Balaban J connectivity index is 1.72. The largest absolute Gasteiger partial charge is 0.419 e. The Morgan fingerprint density at radius 3 is 2.48 bits per heavy atom. The number of benzene rings is 1. The van der Waals surface area contributed by atoms with E-state index in [1.807, 2.05) is 0 Å². The summed E-state index contributed by atoms with van der Waals surface area (Å²) >= 11 is 0. The zero-order valence-corrected chi connectivity index (χ0v) is 16.6. The molecule has 11 heteroatoms. The first-order valence-electron chi connectivity index (χ1n) is 9.36. The van der Waals surface area contributed by atoms with E-state index in [1.54, 1.807) is 13.0 Å². The molecule has 0 saturated carbocycles. The Morgan fingerprint density at radius 1 is 1.16 bits per heavy atom. The summed E-state index contributed by atoms with van der Waals surface area (Å²) in [5, 5.41) is 13.6. The van der Waals surface area contributed by atoms with Crippen molar-refractivity contribution in [1.82, 2.24) is 20.1 Å². The zero-order chi connectivity index (χ0) is 22.4. The van der Waals surface area contributed by atoms with Crippen LogP contribution in [0.3, 0.4) is 0 Å². The highest BCUT2D eigenvalue weighted by molar-refractivity contribution is 5.88. The van der Waals surface area contributed by atoms with E-state index in [0.29, 0.717) is 18.7 Å². The van der Waals surface area contributed by atoms with Gasteiger partial charge in [-0.1, -0.05) is 0 Å². The highest BCUT2D eigenvalue weighted by Gasteiger charge is 2.44. The first-order valence-corrected chi connectivity index (χ1v) is 9.36. The van der Waals surface area contributed by atoms with Crippen LogP contribution in [0.5, 0.6) is 0 Å². The smallest absolute Gasteiger partial charge is 0.416 e. The normalized spacial score (nSPS) is 18.8. The summed E-state index contributed by atoms with van der Waals surface area (Å²) in [4.78, 5) is 25.0. The summed E-state index contributed by atoms with van der Waals surface area (Å²) in [7, 11) is 1.54. The minimum atomic E-state index is -4.45. The second-order valence-corrected chi connectivity index (χ2v) is 7.47. The molecule has 1 saturated heterocycles. The molecule has 1 aliphatic rings. The van der Waals surface area contributed by atoms with Gasteiger partial charge in [-0.2, -0.15) is 13.2 Å². The van der Waals surface area contributed by atoms with E-state index < -0.39 is 22.7 Å². The van der Waals surface area contributed by atoms with Gasteiger partial charge < -0.3 is 19.6 Å². The number of hydrogen-bond acceptors (Lipinski definition) is 6. The van der Waals surface area contributed by atoms with Gasteiger partial charge in [-0.15, -0.1) is 10.2 Å². The molecular formula is C20H18F3N5O3. The molecule has 0 aliphatic carbocycles.